The summed E-state index contributed by atoms with van der Waals surface area (Å²) < 4.78 is 36.6. The van der Waals surface area contributed by atoms with Gasteiger partial charge in [0.05, 0.1) is 25.7 Å². The van der Waals surface area contributed by atoms with Crippen LogP contribution in [-0.2, 0) is 21.4 Å². The first kappa shape index (κ1) is 23.7. The number of hydrogen-bond acceptors (Lipinski definition) is 6. The van der Waals surface area contributed by atoms with Crippen molar-refractivity contribution in [3.05, 3.63) is 47.5 Å². The maximum Gasteiger partial charge on any atom is 0.242 e. The van der Waals surface area contributed by atoms with Crippen LogP contribution in [-0.4, -0.2) is 65.4 Å². The van der Waals surface area contributed by atoms with E-state index in [9.17, 15) is 13.2 Å². The second-order valence-electron chi connectivity index (χ2n) is 7.14. The van der Waals surface area contributed by atoms with Crippen LogP contribution in [0.5, 0.6) is 11.5 Å². The van der Waals surface area contributed by atoms with Gasteiger partial charge in [0.2, 0.25) is 15.9 Å². The zero-order valence-corrected chi connectivity index (χ0v) is 19.0. The molecule has 0 atom stereocenters. The predicted octanol–water partition coefficient (Wildman–Crippen LogP) is 2.33. The van der Waals surface area contributed by atoms with Gasteiger partial charge in [-0.05, 0) is 37.7 Å². The molecule has 2 rings (SSSR count). The molecule has 0 saturated carbocycles. The average molecular weight is 436 g/mol. The molecule has 30 heavy (non-hydrogen) atoms. The van der Waals surface area contributed by atoms with E-state index in [-0.39, 0.29) is 17.3 Å². The Morgan fingerprint density at radius 2 is 1.77 bits per heavy atom. The normalized spacial score (nSPS) is 11.6. The molecule has 0 aliphatic rings. The van der Waals surface area contributed by atoms with E-state index in [0.717, 1.165) is 15.4 Å². The Morgan fingerprint density at radius 1 is 1.07 bits per heavy atom. The molecule has 8 nitrogen and oxygen atoms in total. The van der Waals surface area contributed by atoms with Gasteiger partial charge < -0.3 is 14.8 Å². The van der Waals surface area contributed by atoms with E-state index < -0.39 is 10.0 Å². The van der Waals surface area contributed by atoms with Crippen molar-refractivity contribution in [3.8, 4) is 11.5 Å². The number of methoxy groups -OCH3 is 2. The van der Waals surface area contributed by atoms with Crippen LogP contribution in [0, 0.1) is 6.92 Å². The third-order valence-electron chi connectivity index (χ3n) is 4.60. The number of carbonyl (C=O) groups is 1. The van der Waals surface area contributed by atoms with Crippen LogP contribution in [0.3, 0.4) is 0 Å². The molecule has 0 unspecified atom stereocenters. The highest BCUT2D eigenvalue weighted by molar-refractivity contribution is 7.89. The van der Waals surface area contributed by atoms with E-state index in [2.05, 4.69) is 5.32 Å². The lowest BCUT2D eigenvalue weighted by atomic mass is 10.1. The summed E-state index contributed by atoms with van der Waals surface area (Å²) in [6.45, 7) is 2.40. The molecular formula is C21H29N3O5S. The summed E-state index contributed by atoms with van der Waals surface area (Å²) in [5.41, 5.74) is 2.14. The summed E-state index contributed by atoms with van der Waals surface area (Å²) in [6.07, 6.45) is 0. The van der Waals surface area contributed by atoms with Crippen LogP contribution in [0.15, 0.2) is 41.3 Å². The topological polar surface area (TPSA) is 88.2 Å². The molecule has 0 fully saturated rings. The molecule has 0 aliphatic heterocycles. The maximum absolute atomic E-state index is 12.6. The van der Waals surface area contributed by atoms with Gasteiger partial charge in [-0.3, -0.25) is 9.69 Å². The first-order valence-corrected chi connectivity index (χ1v) is 10.8. The minimum absolute atomic E-state index is 0.116. The minimum atomic E-state index is -3.58. The molecule has 164 valence electrons. The molecule has 9 heteroatoms. The Bertz CT molecular complexity index is 1010. The summed E-state index contributed by atoms with van der Waals surface area (Å²) in [5, 5.41) is 2.81. The number of hydrogen-bond donors (Lipinski definition) is 1. The third-order valence-corrected chi connectivity index (χ3v) is 6.41. The fourth-order valence-corrected chi connectivity index (χ4v) is 3.90. The van der Waals surface area contributed by atoms with Crippen molar-refractivity contribution in [1.82, 2.24) is 9.21 Å². The number of nitrogens with one attached hydrogen (secondary N) is 1. The van der Waals surface area contributed by atoms with Crippen LogP contribution in [0.4, 0.5) is 5.69 Å². The van der Waals surface area contributed by atoms with Crippen molar-refractivity contribution < 1.29 is 22.7 Å². The Kier molecular flexibility index (Phi) is 7.83. The standard InChI is InChI=1S/C21H29N3O5S/c1-15-10-11-17(30(26,27)23(2)3)12-18(15)22-20(25)14-24(4)13-16-8-7-9-19(28-5)21(16)29-6/h7-12H,13-14H2,1-6H3,(H,22,25). The fourth-order valence-electron chi connectivity index (χ4n) is 2.97. The van der Waals surface area contributed by atoms with E-state index in [1.165, 1.54) is 26.2 Å². The van der Waals surface area contributed by atoms with Crippen LogP contribution < -0.4 is 14.8 Å². The number of anilines is 1. The number of ether oxygens (including phenoxy) is 2. The Morgan fingerprint density at radius 3 is 2.37 bits per heavy atom. The molecule has 0 bridgehead atoms. The van der Waals surface area contributed by atoms with E-state index in [4.69, 9.17) is 9.47 Å². The van der Waals surface area contributed by atoms with Crippen LogP contribution >= 0.6 is 0 Å². The lowest BCUT2D eigenvalue weighted by Crippen LogP contribution is -2.30. The molecule has 0 spiro atoms. The molecule has 0 saturated heterocycles. The van der Waals surface area contributed by atoms with Gasteiger partial charge in [-0.25, -0.2) is 12.7 Å². The second-order valence-corrected chi connectivity index (χ2v) is 9.29. The van der Waals surface area contributed by atoms with Gasteiger partial charge in [0.25, 0.3) is 0 Å². The van der Waals surface area contributed by atoms with Gasteiger partial charge in [-0.1, -0.05) is 18.2 Å². The zero-order valence-electron chi connectivity index (χ0n) is 18.2. The molecule has 1 N–H and O–H groups in total. The number of aryl methyl sites for hydroxylation is 1. The van der Waals surface area contributed by atoms with E-state index >= 15 is 0 Å². The summed E-state index contributed by atoms with van der Waals surface area (Å²) in [7, 11) is 4.32. The molecule has 0 heterocycles. The molecule has 0 radical (unpaired) electrons. The van der Waals surface area contributed by atoms with Gasteiger partial charge in [0.15, 0.2) is 11.5 Å². The van der Waals surface area contributed by atoms with Gasteiger partial charge in [-0.15, -0.1) is 0 Å². The summed E-state index contributed by atoms with van der Waals surface area (Å²) in [6, 6.07) is 10.3. The number of benzene rings is 2. The summed E-state index contributed by atoms with van der Waals surface area (Å²) in [4.78, 5) is 14.5. The first-order chi connectivity index (χ1) is 14.1. The number of likely N-dealkylation sites (N-methyl/N-ethyl adjacent to an activating group) is 1. The van der Waals surface area contributed by atoms with Gasteiger partial charge in [0, 0.05) is 31.9 Å². The maximum atomic E-state index is 12.6. The van der Waals surface area contributed by atoms with Crippen LogP contribution in [0.25, 0.3) is 0 Å². The van der Waals surface area contributed by atoms with Crippen molar-refractivity contribution in [2.24, 2.45) is 0 Å². The van der Waals surface area contributed by atoms with Crippen molar-refractivity contribution >= 4 is 21.6 Å². The highest BCUT2D eigenvalue weighted by Crippen LogP contribution is 2.31. The van der Waals surface area contributed by atoms with E-state index in [1.54, 1.807) is 20.3 Å². The monoisotopic (exact) mass is 435 g/mol. The van der Waals surface area contributed by atoms with Crippen molar-refractivity contribution in [2.75, 3.05) is 47.2 Å². The number of amides is 1. The predicted molar refractivity (Wildman–Crippen MR) is 117 cm³/mol. The van der Waals surface area contributed by atoms with Gasteiger partial charge in [-0.2, -0.15) is 0 Å². The molecule has 2 aromatic rings. The van der Waals surface area contributed by atoms with Gasteiger partial charge >= 0.3 is 0 Å². The number of carbonyl (C=O) groups excluding carboxylic acids is 1. The zero-order chi connectivity index (χ0) is 22.5. The molecule has 0 aliphatic carbocycles. The minimum Gasteiger partial charge on any atom is -0.493 e. The molecular weight excluding hydrogens is 406 g/mol. The number of rotatable bonds is 9. The van der Waals surface area contributed by atoms with Crippen LogP contribution in [0.1, 0.15) is 11.1 Å². The lowest BCUT2D eigenvalue weighted by molar-refractivity contribution is -0.117. The van der Waals surface area contributed by atoms with Crippen LogP contribution in [0.2, 0.25) is 0 Å². The van der Waals surface area contributed by atoms with Crippen molar-refractivity contribution in [2.45, 2.75) is 18.4 Å². The Balaban J connectivity index is 2.11. The molecule has 2 aromatic carbocycles. The first-order valence-electron chi connectivity index (χ1n) is 9.31. The largest absolute Gasteiger partial charge is 0.493 e. The summed E-state index contributed by atoms with van der Waals surface area (Å²) in [5.74, 6) is 1.01. The number of para-hydroxylation sites is 1. The van der Waals surface area contributed by atoms with Gasteiger partial charge in [0.1, 0.15) is 0 Å². The van der Waals surface area contributed by atoms with E-state index in [0.29, 0.717) is 23.7 Å². The second kappa shape index (κ2) is 9.92. The SMILES string of the molecule is COc1cccc(CN(C)CC(=O)Nc2cc(S(=O)(=O)N(C)C)ccc2C)c1OC. The number of sulfonamides is 1. The highest BCUT2D eigenvalue weighted by atomic mass is 32.2. The third kappa shape index (κ3) is 5.50. The quantitative estimate of drug-likeness (QED) is 0.650. The Hall–Kier alpha value is -2.62. The Labute approximate surface area is 178 Å². The number of nitrogens with zero attached hydrogens (tertiary/aromatic N) is 2. The van der Waals surface area contributed by atoms with Crippen molar-refractivity contribution in [1.29, 1.82) is 0 Å². The highest BCUT2D eigenvalue weighted by Gasteiger charge is 2.19. The smallest absolute Gasteiger partial charge is 0.242 e. The van der Waals surface area contributed by atoms with E-state index in [1.807, 2.05) is 37.1 Å². The lowest BCUT2D eigenvalue weighted by Gasteiger charge is -2.20. The molecule has 1 amide bonds. The summed E-state index contributed by atoms with van der Waals surface area (Å²) >= 11 is 0. The molecule has 0 aromatic heterocycles. The average Bonchev–Trinajstić information content (AvgIpc) is 2.68. The fraction of sp³-hybridized carbons (Fsp3) is 0.381. The van der Waals surface area contributed by atoms with Crippen molar-refractivity contribution in [3.63, 3.8) is 0 Å².